The largest absolute Gasteiger partial charge is 0.507 e. The summed E-state index contributed by atoms with van der Waals surface area (Å²) in [6.45, 7) is 1.10. The second kappa shape index (κ2) is 4.71. The summed E-state index contributed by atoms with van der Waals surface area (Å²) in [7, 11) is 1.61. The molecule has 5 heteroatoms. The van der Waals surface area contributed by atoms with E-state index in [2.05, 4.69) is 0 Å². The van der Waals surface area contributed by atoms with Crippen molar-refractivity contribution in [2.75, 3.05) is 20.2 Å². The Morgan fingerprint density at radius 1 is 1.59 bits per heavy atom. The predicted octanol–water partition coefficient (Wildman–Crippen LogP) is 1.39. The van der Waals surface area contributed by atoms with Crippen molar-refractivity contribution in [1.29, 1.82) is 0 Å². The average molecular weight is 239 g/mol. The Kier molecular flexibility index (Phi) is 3.28. The minimum Gasteiger partial charge on any atom is -0.507 e. The number of rotatable bonds is 2. The van der Waals surface area contributed by atoms with Crippen molar-refractivity contribution in [3.63, 3.8) is 0 Å². The Balaban J connectivity index is 2.15. The summed E-state index contributed by atoms with van der Waals surface area (Å²) in [5.41, 5.74) is 0.128. The lowest BCUT2D eigenvalue weighted by molar-refractivity contribution is 0.0721. The molecule has 1 N–H and O–H groups in total. The van der Waals surface area contributed by atoms with Crippen molar-refractivity contribution >= 4 is 5.91 Å². The van der Waals surface area contributed by atoms with Gasteiger partial charge < -0.3 is 14.7 Å². The highest BCUT2D eigenvalue weighted by atomic mass is 19.1. The van der Waals surface area contributed by atoms with Crippen molar-refractivity contribution < 1.29 is 19.0 Å². The molecule has 1 saturated heterocycles. The molecule has 1 aromatic carbocycles. The first kappa shape index (κ1) is 11.9. The van der Waals surface area contributed by atoms with Crippen LogP contribution in [0.4, 0.5) is 4.39 Å². The van der Waals surface area contributed by atoms with E-state index >= 15 is 0 Å². The normalized spacial score (nSPS) is 19.6. The summed E-state index contributed by atoms with van der Waals surface area (Å²) >= 11 is 0. The highest BCUT2D eigenvalue weighted by molar-refractivity contribution is 5.97. The number of hydrogen-bond acceptors (Lipinski definition) is 3. The lowest BCUT2D eigenvalue weighted by Gasteiger charge is -2.16. The Labute approximate surface area is 98.6 Å². The number of phenolic OH excluding ortho intramolecular Hbond substituents is 1. The van der Waals surface area contributed by atoms with Gasteiger partial charge in [-0.25, -0.2) is 4.39 Å². The maximum absolute atomic E-state index is 12.8. The number of ether oxygens (including phenoxy) is 1. The lowest BCUT2D eigenvalue weighted by atomic mass is 10.1. The number of benzene rings is 1. The number of aromatic hydroxyl groups is 1. The van der Waals surface area contributed by atoms with E-state index in [1.807, 2.05) is 0 Å². The number of likely N-dealkylation sites (tertiary alicyclic amines) is 1. The van der Waals surface area contributed by atoms with Crippen molar-refractivity contribution in [1.82, 2.24) is 4.90 Å². The fraction of sp³-hybridized carbons (Fsp3) is 0.417. The number of amides is 1. The van der Waals surface area contributed by atoms with Crippen LogP contribution in [-0.2, 0) is 4.74 Å². The first-order chi connectivity index (χ1) is 8.11. The van der Waals surface area contributed by atoms with Gasteiger partial charge in [0.25, 0.3) is 5.91 Å². The Bertz CT molecular complexity index is 436. The third-order valence-corrected chi connectivity index (χ3v) is 2.96. The molecule has 1 amide bonds. The second-order valence-electron chi connectivity index (χ2n) is 4.06. The van der Waals surface area contributed by atoms with Crippen molar-refractivity contribution in [3.05, 3.63) is 29.6 Å². The SMILES string of the molecule is COC1CCN(C(=O)c2ccc(F)cc2O)C1. The molecule has 1 atom stereocenters. The molecule has 1 aliphatic heterocycles. The molecule has 0 radical (unpaired) electrons. The van der Waals surface area contributed by atoms with Gasteiger partial charge in [-0.05, 0) is 18.6 Å². The number of halogens is 1. The van der Waals surface area contributed by atoms with Crippen LogP contribution in [0.2, 0.25) is 0 Å². The van der Waals surface area contributed by atoms with Gasteiger partial charge in [0, 0.05) is 26.3 Å². The van der Waals surface area contributed by atoms with Gasteiger partial charge in [0.1, 0.15) is 11.6 Å². The van der Waals surface area contributed by atoms with Gasteiger partial charge in [-0.1, -0.05) is 0 Å². The topological polar surface area (TPSA) is 49.8 Å². The number of carbonyl (C=O) groups excluding carboxylic acids is 1. The molecule has 0 aliphatic carbocycles. The van der Waals surface area contributed by atoms with Crippen molar-refractivity contribution in [2.24, 2.45) is 0 Å². The maximum Gasteiger partial charge on any atom is 0.257 e. The van der Waals surface area contributed by atoms with Gasteiger partial charge in [-0.15, -0.1) is 0 Å². The molecule has 1 aliphatic rings. The second-order valence-corrected chi connectivity index (χ2v) is 4.06. The summed E-state index contributed by atoms with van der Waals surface area (Å²) in [4.78, 5) is 13.6. The van der Waals surface area contributed by atoms with Gasteiger partial charge in [0.2, 0.25) is 0 Å². The minimum absolute atomic E-state index is 0.0431. The zero-order chi connectivity index (χ0) is 12.4. The van der Waals surface area contributed by atoms with Crippen LogP contribution >= 0.6 is 0 Å². The van der Waals surface area contributed by atoms with Gasteiger partial charge in [-0.2, -0.15) is 0 Å². The molecule has 2 rings (SSSR count). The quantitative estimate of drug-likeness (QED) is 0.848. The molecule has 0 bridgehead atoms. The monoisotopic (exact) mass is 239 g/mol. The smallest absolute Gasteiger partial charge is 0.257 e. The standard InChI is InChI=1S/C12H14FNO3/c1-17-9-4-5-14(7-9)12(16)10-3-2-8(13)6-11(10)15/h2-3,6,9,15H,4-5,7H2,1H3. The Morgan fingerprint density at radius 2 is 2.35 bits per heavy atom. The minimum atomic E-state index is -0.560. The van der Waals surface area contributed by atoms with Crippen molar-refractivity contribution in [2.45, 2.75) is 12.5 Å². The molecule has 0 aromatic heterocycles. The highest BCUT2D eigenvalue weighted by Crippen LogP contribution is 2.22. The third kappa shape index (κ3) is 2.39. The summed E-state index contributed by atoms with van der Waals surface area (Å²) in [5, 5.41) is 9.53. The van der Waals surface area contributed by atoms with Gasteiger partial charge >= 0.3 is 0 Å². The predicted molar refractivity (Wildman–Crippen MR) is 59.4 cm³/mol. The molecular formula is C12H14FNO3. The van der Waals surface area contributed by atoms with Crippen LogP contribution in [0.5, 0.6) is 5.75 Å². The average Bonchev–Trinajstić information content (AvgIpc) is 2.76. The maximum atomic E-state index is 12.8. The van der Waals surface area contributed by atoms with E-state index in [0.717, 1.165) is 18.6 Å². The van der Waals surface area contributed by atoms with E-state index in [9.17, 15) is 14.3 Å². The molecule has 1 aromatic rings. The summed E-state index contributed by atoms with van der Waals surface area (Å²) in [6, 6.07) is 3.40. The highest BCUT2D eigenvalue weighted by Gasteiger charge is 2.28. The Morgan fingerprint density at radius 3 is 2.94 bits per heavy atom. The zero-order valence-electron chi connectivity index (χ0n) is 9.52. The van der Waals surface area contributed by atoms with E-state index in [0.29, 0.717) is 13.1 Å². The number of hydrogen-bond donors (Lipinski definition) is 1. The van der Waals surface area contributed by atoms with Crippen molar-refractivity contribution in [3.8, 4) is 5.75 Å². The van der Waals surface area contributed by atoms with Crippen LogP contribution in [0.3, 0.4) is 0 Å². The molecule has 1 fully saturated rings. The fourth-order valence-electron chi connectivity index (χ4n) is 1.96. The van der Waals surface area contributed by atoms with E-state index in [1.165, 1.54) is 6.07 Å². The van der Waals surface area contributed by atoms with Crippen LogP contribution in [-0.4, -0.2) is 42.2 Å². The summed E-state index contributed by atoms with van der Waals surface area (Å²) in [6.07, 6.45) is 0.825. The fourth-order valence-corrected chi connectivity index (χ4v) is 1.96. The van der Waals surface area contributed by atoms with Crippen LogP contribution < -0.4 is 0 Å². The first-order valence-electron chi connectivity index (χ1n) is 5.42. The molecule has 92 valence electrons. The van der Waals surface area contributed by atoms with E-state index < -0.39 is 5.82 Å². The van der Waals surface area contributed by atoms with Crippen LogP contribution in [0, 0.1) is 5.82 Å². The Hall–Kier alpha value is -1.62. The summed E-state index contributed by atoms with van der Waals surface area (Å²) < 4.78 is 18.0. The first-order valence-corrected chi connectivity index (χ1v) is 5.42. The van der Waals surface area contributed by atoms with Gasteiger partial charge in [0.05, 0.1) is 11.7 Å². The van der Waals surface area contributed by atoms with E-state index in [-0.39, 0.29) is 23.3 Å². The molecule has 0 saturated carbocycles. The van der Waals surface area contributed by atoms with Crippen LogP contribution in [0.1, 0.15) is 16.8 Å². The van der Waals surface area contributed by atoms with E-state index in [4.69, 9.17) is 4.74 Å². The van der Waals surface area contributed by atoms with Crippen LogP contribution in [0.25, 0.3) is 0 Å². The number of methoxy groups -OCH3 is 1. The zero-order valence-corrected chi connectivity index (χ0v) is 9.52. The van der Waals surface area contributed by atoms with Crippen LogP contribution in [0.15, 0.2) is 18.2 Å². The molecular weight excluding hydrogens is 225 g/mol. The van der Waals surface area contributed by atoms with E-state index in [1.54, 1.807) is 12.0 Å². The lowest BCUT2D eigenvalue weighted by Crippen LogP contribution is -2.30. The molecule has 1 unspecified atom stereocenters. The molecule has 17 heavy (non-hydrogen) atoms. The molecule has 0 spiro atoms. The molecule has 1 heterocycles. The molecule has 4 nitrogen and oxygen atoms in total. The van der Waals surface area contributed by atoms with Gasteiger partial charge in [0.15, 0.2) is 0 Å². The van der Waals surface area contributed by atoms with Gasteiger partial charge in [-0.3, -0.25) is 4.79 Å². The number of phenols is 1. The summed E-state index contributed by atoms with van der Waals surface area (Å²) in [5.74, 6) is -1.17. The number of nitrogens with zero attached hydrogens (tertiary/aromatic N) is 1. The third-order valence-electron chi connectivity index (χ3n) is 2.96. The number of carbonyl (C=O) groups is 1.